The first-order valence-corrected chi connectivity index (χ1v) is 13.7. The van der Waals surface area contributed by atoms with Crippen molar-refractivity contribution in [1.82, 2.24) is 5.06 Å². The van der Waals surface area contributed by atoms with Crippen molar-refractivity contribution in [3.63, 3.8) is 0 Å². The fraction of sp³-hybridized carbons (Fsp3) is 0.654. The predicted octanol–water partition coefficient (Wildman–Crippen LogP) is 6.52. The minimum atomic E-state index is -0.853. The maximum absolute atomic E-state index is 12.2. The maximum Gasteiger partial charge on any atom is 0.333 e. The van der Waals surface area contributed by atoms with E-state index in [1.165, 1.54) is 0 Å². The first-order valence-electron chi connectivity index (χ1n) is 12.4. The minimum Gasteiger partial charge on any atom is -0.337 e. The van der Waals surface area contributed by atoms with Gasteiger partial charge in [-0.1, -0.05) is 77.0 Å². The van der Waals surface area contributed by atoms with Crippen LogP contribution >= 0.6 is 8.38 Å². The summed E-state index contributed by atoms with van der Waals surface area (Å²) in [6, 6.07) is 6.46. The summed E-state index contributed by atoms with van der Waals surface area (Å²) in [6.07, 6.45) is 7.19. The highest BCUT2D eigenvalue weighted by Gasteiger charge is 2.38. The Balaban J connectivity index is 1.52. The van der Waals surface area contributed by atoms with Crippen LogP contribution in [-0.2, 0) is 18.7 Å². The van der Waals surface area contributed by atoms with E-state index in [1.807, 2.05) is 0 Å². The summed E-state index contributed by atoms with van der Waals surface area (Å²) in [5.41, 5.74) is 0.983. The molecule has 0 bridgehead atoms. The minimum absolute atomic E-state index is 0.189. The van der Waals surface area contributed by atoms with E-state index in [1.54, 1.807) is 31.4 Å². The lowest BCUT2D eigenvalue weighted by Gasteiger charge is -2.31. The number of benzene rings is 1. The highest BCUT2D eigenvalue weighted by Crippen LogP contribution is 2.49. The number of rotatable bonds is 16. The fourth-order valence-electron chi connectivity index (χ4n) is 4.32. The quantitative estimate of drug-likeness (QED) is 0.148. The number of hydrogen-bond acceptors (Lipinski definition) is 6. The Kier molecular flexibility index (Phi) is 12.2. The van der Waals surface area contributed by atoms with E-state index < -0.39 is 26.2 Å². The molecule has 1 unspecified atom stereocenters. The average molecular weight is 494 g/mol. The van der Waals surface area contributed by atoms with Gasteiger partial charge in [0, 0.05) is 19.2 Å². The van der Waals surface area contributed by atoms with Crippen molar-refractivity contribution in [2.75, 3.05) is 13.7 Å². The number of fused-ring (bicyclic) bond motifs is 1. The van der Waals surface area contributed by atoms with E-state index in [4.69, 9.17) is 13.9 Å². The third-order valence-electron chi connectivity index (χ3n) is 5.98. The molecule has 2 rings (SSSR count). The Morgan fingerprint density at radius 3 is 1.85 bits per heavy atom. The summed E-state index contributed by atoms with van der Waals surface area (Å²) in [4.78, 5) is 41.6. The molecule has 190 valence electrons. The number of carbonyl (C=O) groups is 3. The number of unbranched alkanes of at least 4 members (excludes halogenated alkanes) is 6. The van der Waals surface area contributed by atoms with Crippen molar-refractivity contribution in [2.24, 2.45) is 11.8 Å². The molecular weight excluding hydrogens is 453 g/mol. The molecule has 0 saturated carbocycles. The highest BCUT2D eigenvalue weighted by atomic mass is 31.2. The zero-order valence-corrected chi connectivity index (χ0v) is 22.1. The smallest absolute Gasteiger partial charge is 0.333 e. The van der Waals surface area contributed by atoms with Crippen LogP contribution in [0.4, 0.5) is 0 Å². The molecule has 0 saturated heterocycles. The van der Waals surface area contributed by atoms with Crippen molar-refractivity contribution in [3.8, 4) is 0 Å². The van der Waals surface area contributed by atoms with Gasteiger partial charge in [-0.2, -0.15) is 0 Å². The lowest BCUT2D eigenvalue weighted by atomic mass is 10.00. The molecule has 1 aromatic rings. The SMILES string of the molecule is COP(OCCCCCCCCCC(=O)ON1C(=O)c2ccccc2C1=O)C(C(C)C)C(C)C. The van der Waals surface area contributed by atoms with Crippen LogP contribution in [0.2, 0.25) is 0 Å². The molecule has 1 aromatic carbocycles. The van der Waals surface area contributed by atoms with E-state index >= 15 is 0 Å². The number of amides is 2. The number of hydroxylamine groups is 2. The van der Waals surface area contributed by atoms with Gasteiger partial charge in [0.1, 0.15) is 0 Å². The van der Waals surface area contributed by atoms with Crippen LogP contribution in [0.1, 0.15) is 99.8 Å². The van der Waals surface area contributed by atoms with Crippen LogP contribution in [0, 0.1) is 11.8 Å². The van der Waals surface area contributed by atoms with Crippen molar-refractivity contribution < 1.29 is 28.3 Å². The van der Waals surface area contributed by atoms with Gasteiger partial charge in [0.15, 0.2) is 8.38 Å². The Morgan fingerprint density at radius 2 is 1.35 bits per heavy atom. The predicted molar refractivity (Wildman–Crippen MR) is 133 cm³/mol. The zero-order valence-electron chi connectivity index (χ0n) is 21.2. The van der Waals surface area contributed by atoms with Gasteiger partial charge in [-0.3, -0.25) is 9.59 Å². The van der Waals surface area contributed by atoms with Gasteiger partial charge < -0.3 is 13.9 Å². The first kappa shape index (κ1) is 28.4. The lowest BCUT2D eigenvalue weighted by Crippen LogP contribution is -2.32. The first-order chi connectivity index (χ1) is 16.3. The molecule has 1 heterocycles. The average Bonchev–Trinajstić information content (AvgIpc) is 3.03. The van der Waals surface area contributed by atoms with Crippen LogP contribution in [0.5, 0.6) is 0 Å². The number of carbonyl (C=O) groups excluding carboxylic acids is 3. The van der Waals surface area contributed by atoms with Crippen LogP contribution in [0.15, 0.2) is 24.3 Å². The molecule has 34 heavy (non-hydrogen) atoms. The van der Waals surface area contributed by atoms with Crippen LogP contribution in [0.25, 0.3) is 0 Å². The van der Waals surface area contributed by atoms with Gasteiger partial charge in [0.25, 0.3) is 11.8 Å². The summed E-state index contributed by atoms with van der Waals surface area (Å²) < 4.78 is 11.7. The van der Waals surface area contributed by atoms with Crippen LogP contribution in [0.3, 0.4) is 0 Å². The van der Waals surface area contributed by atoms with E-state index in [0.717, 1.165) is 45.1 Å². The van der Waals surface area contributed by atoms with E-state index in [2.05, 4.69) is 27.7 Å². The molecule has 1 atom stereocenters. The maximum atomic E-state index is 12.2. The van der Waals surface area contributed by atoms with Crippen molar-refractivity contribution >= 4 is 26.2 Å². The second kappa shape index (κ2) is 14.6. The molecule has 0 spiro atoms. The van der Waals surface area contributed by atoms with Gasteiger partial charge in [-0.25, -0.2) is 4.79 Å². The van der Waals surface area contributed by atoms with E-state index in [9.17, 15) is 14.4 Å². The van der Waals surface area contributed by atoms with Crippen LogP contribution in [-0.4, -0.2) is 42.2 Å². The van der Waals surface area contributed by atoms with Gasteiger partial charge >= 0.3 is 5.97 Å². The van der Waals surface area contributed by atoms with Crippen molar-refractivity contribution in [3.05, 3.63) is 35.4 Å². The second-order valence-electron chi connectivity index (χ2n) is 9.42. The summed E-state index contributed by atoms with van der Waals surface area (Å²) in [7, 11) is 0.896. The molecule has 0 aromatic heterocycles. The van der Waals surface area contributed by atoms with Gasteiger partial charge in [0.2, 0.25) is 0 Å². The summed E-state index contributed by atoms with van der Waals surface area (Å²) in [6.45, 7) is 9.65. The number of imide groups is 1. The molecule has 7 nitrogen and oxygen atoms in total. The lowest BCUT2D eigenvalue weighted by molar-refractivity contribution is -0.168. The molecule has 1 aliphatic rings. The van der Waals surface area contributed by atoms with Gasteiger partial charge in [-0.15, -0.1) is 0 Å². The summed E-state index contributed by atoms with van der Waals surface area (Å²) in [5.74, 6) is -0.644. The molecule has 0 radical (unpaired) electrons. The zero-order chi connectivity index (χ0) is 25.1. The van der Waals surface area contributed by atoms with Gasteiger partial charge in [0.05, 0.1) is 17.7 Å². The normalized spacial score (nSPS) is 14.4. The number of nitrogens with zero attached hydrogens (tertiary/aromatic N) is 1. The standard InChI is InChI=1S/C26H40NO6P/c1-19(2)24(20(3)4)34(31-5)32-18-14-10-8-6-7-9-11-17-23(28)33-27-25(29)21-15-12-13-16-22(21)26(27)30/h12-13,15-16,19-20,24H,6-11,14,17-18H2,1-5H3. The Labute approximate surface area is 205 Å². The Morgan fingerprint density at radius 1 is 0.853 bits per heavy atom. The molecule has 8 heteroatoms. The number of hydrogen-bond donors (Lipinski definition) is 0. The Hall–Kier alpha value is -1.82. The van der Waals surface area contributed by atoms with E-state index in [-0.39, 0.29) is 17.5 Å². The fourth-order valence-corrected chi connectivity index (χ4v) is 6.13. The third-order valence-corrected chi connectivity index (χ3v) is 8.46. The third kappa shape index (κ3) is 8.14. The van der Waals surface area contributed by atoms with Crippen LogP contribution < -0.4 is 0 Å². The van der Waals surface area contributed by atoms with Crippen molar-refractivity contribution in [2.45, 2.75) is 84.7 Å². The van der Waals surface area contributed by atoms with Crippen molar-refractivity contribution in [1.29, 1.82) is 0 Å². The Bertz CT molecular complexity index is 769. The molecule has 0 fully saturated rings. The molecule has 1 aliphatic heterocycles. The topological polar surface area (TPSA) is 82.1 Å². The monoisotopic (exact) mass is 493 g/mol. The molecule has 0 N–H and O–H groups in total. The highest BCUT2D eigenvalue weighted by molar-refractivity contribution is 7.48. The van der Waals surface area contributed by atoms with Gasteiger partial charge in [-0.05, 0) is 36.8 Å². The summed E-state index contributed by atoms with van der Waals surface area (Å²) >= 11 is 0. The molecule has 0 aliphatic carbocycles. The summed E-state index contributed by atoms with van der Waals surface area (Å²) in [5, 5.41) is 0.578. The van der Waals surface area contributed by atoms with E-state index in [0.29, 0.717) is 29.0 Å². The largest absolute Gasteiger partial charge is 0.337 e. The molecule has 2 amide bonds. The second-order valence-corrected chi connectivity index (χ2v) is 11.2. The molecular formula is C26H40NO6P.